The Morgan fingerprint density at radius 1 is 1.03 bits per heavy atom. The maximum atomic E-state index is 13.3. The first-order valence-corrected chi connectivity index (χ1v) is 12.3. The summed E-state index contributed by atoms with van der Waals surface area (Å²) in [6.45, 7) is 1.81. The zero-order chi connectivity index (χ0) is 24.7. The number of aromatic nitrogens is 2. The standard InChI is InChI=1S/C22H23N7O5S/c1-32-18-11-14-15(12-23)22(27-21(25)19(14)20(24)26-18)28-4-6-29(7-5-28)35(30,31)13-2-3-16-17(10-13)34-9-8-33-16/h2-3,10-11H,4-9H2,1H3,(H2,24,26)(H2,25,27). The van der Waals surface area contributed by atoms with Gasteiger partial charge in [-0.1, -0.05) is 0 Å². The summed E-state index contributed by atoms with van der Waals surface area (Å²) in [5.41, 5.74) is 12.5. The van der Waals surface area contributed by atoms with Crippen LogP contribution in [0.4, 0.5) is 17.5 Å². The van der Waals surface area contributed by atoms with E-state index >= 15 is 0 Å². The van der Waals surface area contributed by atoms with Crippen LogP contribution in [0.1, 0.15) is 5.56 Å². The molecule has 0 bridgehead atoms. The molecule has 5 rings (SSSR count). The van der Waals surface area contributed by atoms with Gasteiger partial charge in [-0.15, -0.1) is 0 Å². The molecule has 0 amide bonds. The number of sulfonamides is 1. The van der Waals surface area contributed by atoms with Crippen LogP contribution in [0.15, 0.2) is 29.2 Å². The summed E-state index contributed by atoms with van der Waals surface area (Å²) >= 11 is 0. The molecule has 2 aromatic heterocycles. The Bertz CT molecular complexity index is 1460. The summed E-state index contributed by atoms with van der Waals surface area (Å²) in [6.07, 6.45) is 0. The van der Waals surface area contributed by atoms with Gasteiger partial charge in [-0.2, -0.15) is 14.6 Å². The second kappa shape index (κ2) is 8.64. The van der Waals surface area contributed by atoms with Gasteiger partial charge in [0, 0.05) is 43.7 Å². The van der Waals surface area contributed by atoms with Gasteiger partial charge in [0.05, 0.1) is 17.4 Å². The molecule has 3 aromatic rings. The summed E-state index contributed by atoms with van der Waals surface area (Å²) in [4.78, 5) is 10.5. The lowest BCUT2D eigenvalue weighted by Gasteiger charge is -2.35. The number of methoxy groups -OCH3 is 1. The second-order valence-corrected chi connectivity index (χ2v) is 9.91. The van der Waals surface area contributed by atoms with Crippen molar-refractivity contribution in [3.8, 4) is 23.4 Å². The molecular formula is C22H23N7O5S. The van der Waals surface area contributed by atoms with Crippen molar-refractivity contribution in [3.05, 3.63) is 29.8 Å². The van der Waals surface area contributed by atoms with E-state index in [-0.39, 0.29) is 41.1 Å². The van der Waals surface area contributed by atoms with E-state index in [9.17, 15) is 13.7 Å². The minimum Gasteiger partial charge on any atom is -0.486 e. The third-order valence-electron chi connectivity index (χ3n) is 6.01. The van der Waals surface area contributed by atoms with Gasteiger partial charge in [-0.05, 0) is 12.1 Å². The minimum absolute atomic E-state index is 0.114. The molecule has 0 aliphatic carbocycles. The van der Waals surface area contributed by atoms with Crippen LogP contribution >= 0.6 is 0 Å². The molecule has 1 aromatic carbocycles. The van der Waals surface area contributed by atoms with E-state index in [0.717, 1.165) is 0 Å². The number of ether oxygens (including phenoxy) is 3. The van der Waals surface area contributed by atoms with Gasteiger partial charge >= 0.3 is 0 Å². The van der Waals surface area contributed by atoms with Crippen molar-refractivity contribution in [2.24, 2.45) is 0 Å². The molecule has 0 saturated carbocycles. The quantitative estimate of drug-likeness (QED) is 0.526. The number of benzene rings is 1. The molecule has 1 saturated heterocycles. The number of hydrogen-bond donors (Lipinski definition) is 2. The average molecular weight is 498 g/mol. The van der Waals surface area contributed by atoms with Crippen LogP contribution in [0.5, 0.6) is 17.4 Å². The molecule has 4 heterocycles. The molecule has 0 spiro atoms. The Morgan fingerprint density at radius 3 is 2.40 bits per heavy atom. The Morgan fingerprint density at radius 2 is 1.71 bits per heavy atom. The number of nitrogens with zero attached hydrogens (tertiary/aromatic N) is 5. The fourth-order valence-electron chi connectivity index (χ4n) is 4.27. The van der Waals surface area contributed by atoms with E-state index in [1.807, 2.05) is 4.90 Å². The van der Waals surface area contributed by atoms with Crippen molar-refractivity contribution in [2.45, 2.75) is 4.90 Å². The van der Waals surface area contributed by atoms with E-state index in [2.05, 4.69) is 16.0 Å². The number of nitriles is 1. The summed E-state index contributed by atoms with van der Waals surface area (Å²) in [5, 5.41) is 10.8. The number of nitrogen functional groups attached to an aromatic ring is 2. The number of piperazine rings is 1. The highest BCUT2D eigenvalue weighted by Crippen LogP contribution is 2.36. The van der Waals surface area contributed by atoms with Crippen LogP contribution in [0, 0.1) is 11.3 Å². The lowest BCUT2D eigenvalue weighted by molar-refractivity contribution is 0.171. The monoisotopic (exact) mass is 497 g/mol. The van der Waals surface area contributed by atoms with Gasteiger partial charge in [0.2, 0.25) is 15.9 Å². The second-order valence-electron chi connectivity index (χ2n) is 7.98. The third kappa shape index (κ3) is 3.86. The summed E-state index contributed by atoms with van der Waals surface area (Å²) in [5.74, 6) is 1.79. The summed E-state index contributed by atoms with van der Waals surface area (Å²) in [6, 6.07) is 8.38. The smallest absolute Gasteiger partial charge is 0.243 e. The van der Waals surface area contributed by atoms with Crippen LogP contribution in [0.25, 0.3) is 10.8 Å². The molecular weight excluding hydrogens is 474 g/mol. The Hall–Kier alpha value is -4.02. The van der Waals surface area contributed by atoms with Crippen molar-refractivity contribution >= 4 is 38.2 Å². The van der Waals surface area contributed by atoms with Crippen LogP contribution in [-0.2, 0) is 10.0 Å². The molecule has 2 aliphatic heterocycles. The number of anilines is 3. The number of fused-ring (bicyclic) bond motifs is 2. The van der Waals surface area contributed by atoms with Crippen molar-refractivity contribution in [2.75, 3.05) is 62.9 Å². The largest absolute Gasteiger partial charge is 0.486 e. The predicted octanol–water partition coefficient (Wildman–Crippen LogP) is 0.957. The van der Waals surface area contributed by atoms with Gasteiger partial charge in [0.15, 0.2) is 11.5 Å². The Labute approximate surface area is 201 Å². The first-order valence-electron chi connectivity index (χ1n) is 10.8. The fraction of sp³-hybridized carbons (Fsp3) is 0.318. The SMILES string of the molecule is COc1cc2c(C#N)c(N3CCN(S(=O)(=O)c4ccc5c(c4)OCCO5)CC3)nc(N)c2c(N)n1. The highest BCUT2D eigenvalue weighted by molar-refractivity contribution is 7.89. The van der Waals surface area contributed by atoms with Gasteiger partial charge in [0.25, 0.3) is 0 Å². The molecule has 0 atom stereocenters. The van der Waals surface area contributed by atoms with Crippen LogP contribution < -0.4 is 30.6 Å². The molecule has 35 heavy (non-hydrogen) atoms. The average Bonchev–Trinajstić information content (AvgIpc) is 2.87. The molecule has 1 fully saturated rings. The minimum atomic E-state index is -3.75. The normalized spacial score (nSPS) is 16.2. The van der Waals surface area contributed by atoms with Crippen molar-refractivity contribution < 1.29 is 22.6 Å². The predicted molar refractivity (Wildman–Crippen MR) is 128 cm³/mol. The molecule has 4 N–H and O–H groups in total. The maximum absolute atomic E-state index is 13.3. The van der Waals surface area contributed by atoms with Crippen molar-refractivity contribution in [1.29, 1.82) is 5.26 Å². The van der Waals surface area contributed by atoms with Crippen molar-refractivity contribution in [3.63, 3.8) is 0 Å². The number of nitrogens with two attached hydrogens (primary N) is 2. The van der Waals surface area contributed by atoms with Gasteiger partial charge in [-0.3, -0.25) is 0 Å². The lowest BCUT2D eigenvalue weighted by Crippen LogP contribution is -2.49. The van der Waals surface area contributed by atoms with E-state index in [1.54, 1.807) is 12.1 Å². The topological polar surface area (TPSA) is 170 Å². The number of rotatable bonds is 4. The van der Waals surface area contributed by atoms with E-state index in [0.29, 0.717) is 54.4 Å². The lowest BCUT2D eigenvalue weighted by atomic mass is 10.1. The first-order chi connectivity index (χ1) is 16.8. The van der Waals surface area contributed by atoms with E-state index in [1.165, 1.54) is 23.5 Å². The Balaban J connectivity index is 1.42. The molecule has 0 unspecified atom stereocenters. The highest BCUT2D eigenvalue weighted by atomic mass is 32.2. The maximum Gasteiger partial charge on any atom is 0.243 e. The number of hydrogen-bond acceptors (Lipinski definition) is 11. The third-order valence-corrected chi connectivity index (χ3v) is 7.90. The first kappa shape index (κ1) is 22.8. The molecule has 2 aliphatic rings. The molecule has 13 heteroatoms. The summed E-state index contributed by atoms with van der Waals surface area (Å²) < 4.78 is 44.1. The van der Waals surface area contributed by atoms with Gasteiger partial charge in [0.1, 0.15) is 42.3 Å². The van der Waals surface area contributed by atoms with Crippen LogP contribution in [-0.4, -0.2) is 69.2 Å². The van der Waals surface area contributed by atoms with Gasteiger partial charge < -0.3 is 30.6 Å². The van der Waals surface area contributed by atoms with E-state index < -0.39 is 10.0 Å². The summed E-state index contributed by atoms with van der Waals surface area (Å²) in [7, 11) is -2.30. The highest BCUT2D eigenvalue weighted by Gasteiger charge is 2.31. The van der Waals surface area contributed by atoms with E-state index in [4.69, 9.17) is 25.7 Å². The zero-order valence-corrected chi connectivity index (χ0v) is 19.7. The Kier molecular flexibility index (Phi) is 5.62. The molecule has 12 nitrogen and oxygen atoms in total. The van der Waals surface area contributed by atoms with Crippen LogP contribution in [0.2, 0.25) is 0 Å². The van der Waals surface area contributed by atoms with Crippen molar-refractivity contribution in [1.82, 2.24) is 14.3 Å². The molecule has 0 radical (unpaired) electrons. The zero-order valence-electron chi connectivity index (χ0n) is 18.9. The molecule has 182 valence electrons. The fourth-order valence-corrected chi connectivity index (χ4v) is 5.71. The van der Waals surface area contributed by atoms with Crippen LogP contribution in [0.3, 0.4) is 0 Å². The number of pyridine rings is 2. The van der Waals surface area contributed by atoms with Gasteiger partial charge in [-0.25, -0.2) is 13.4 Å².